The standard InChI is InChI=1S/C21H23FN4O5/c1-24-11-15(18(27)25-9-7-12(8-10-25)20(29)31-2)16-17(24)19(28)26(21(30)23-16)14-5-3-13(22)4-6-14/h3-6,11-12,16-17H,7-10H2,1-2H3,(H,23,30). The van der Waals surface area contributed by atoms with E-state index >= 15 is 0 Å². The number of hydrogen-bond acceptors (Lipinski definition) is 6. The van der Waals surface area contributed by atoms with Crippen molar-refractivity contribution in [1.82, 2.24) is 15.1 Å². The topological polar surface area (TPSA) is 99.3 Å². The quantitative estimate of drug-likeness (QED) is 0.715. The molecule has 2 fully saturated rings. The van der Waals surface area contributed by atoms with Crippen LogP contribution in [-0.2, 0) is 19.1 Å². The summed E-state index contributed by atoms with van der Waals surface area (Å²) in [5.74, 6) is -1.76. The number of likely N-dealkylation sites (tertiary alicyclic amines) is 1. The van der Waals surface area contributed by atoms with Crippen molar-refractivity contribution in [3.8, 4) is 0 Å². The molecule has 10 heteroatoms. The van der Waals surface area contributed by atoms with Gasteiger partial charge >= 0.3 is 12.0 Å². The van der Waals surface area contributed by atoms with E-state index in [0.717, 1.165) is 4.90 Å². The zero-order valence-corrected chi connectivity index (χ0v) is 17.2. The molecule has 2 atom stereocenters. The van der Waals surface area contributed by atoms with Crippen LogP contribution in [0.4, 0.5) is 14.9 Å². The molecule has 1 aromatic carbocycles. The number of methoxy groups -OCH3 is 1. The number of fused-ring (bicyclic) bond motifs is 1. The van der Waals surface area contributed by atoms with E-state index in [4.69, 9.17) is 4.74 Å². The highest BCUT2D eigenvalue weighted by molar-refractivity contribution is 6.19. The Morgan fingerprint density at radius 2 is 1.77 bits per heavy atom. The number of amides is 4. The summed E-state index contributed by atoms with van der Waals surface area (Å²) in [5.41, 5.74) is 0.574. The zero-order valence-electron chi connectivity index (χ0n) is 17.2. The van der Waals surface area contributed by atoms with Crippen LogP contribution in [0.2, 0.25) is 0 Å². The summed E-state index contributed by atoms with van der Waals surface area (Å²) < 4.78 is 18.0. The summed E-state index contributed by atoms with van der Waals surface area (Å²) in [6, 6.07) is 2.81. The van der Waals surface area contributed by atoms with Gasteiger partial charge in [0.05, 0.1) is 30.3 Å². The van der Waals surface area contributed by atoms with Crippen LogP contribution in [0.15, 0.2) is 36.0 Å². The molecule has 1 aromatic rings. The molecule has 0 aliphatic carbocycles. The van der Waals surface area contributed by atoms with Crippen LogP contribution in [0, 0.1) is 11.7 Å². The van der Waals surface area contributed by atoms with E-state index in [1.165, 1.54) is 31.4 Å². The van der Waals surface area contributed by atoms with E-state index in [9.17, 15) is 23.6 Å². The van der Waals surface area contributed by atoms with Crippen LogP contribution in [-0.4, -0.2) is 72.9 Å². The van der Waals surface area contributed by atoms with Gasteiger partial charge < -0.3 is 19.9 Å². The van der Waals surface area contributed by atoms with Crippen molar-refractivity contribution in [2.45, 2.75) is 24.9 Å². The molecule has 0 saturated carbocycles. The Labute approximate surface area is 178 Å². The van der Waals surface area contributed by atoms with Crippen molar-refractivity contribution in [3.63, 3.8) is 0 Å². The van der Waals surface area contributed by atoms with Gasteiger partial charge in [-0.2, -0.15) is 0 Å². The van der Waals surface area contributed by atoms with E-state index in [-0.39, 0.29) is 23.5 Å². The average molecular weight is 430 g/mol. The zero-order chi connectivity index (χ0) is 22.3. The Hall–Kier alpha value is -3.43. The molecule has 9 nitrogen and oxygen atoms in total. The minimum Gasteiger partial charge on any atom is -0.469 e. The van der Waals surface area contributed by atoms with Gasteiger partial charge in [-0.3, -0.25) is 14.4 Å². The number of imide groups is 1. The van der Waals surface area contributed by atoms with Gasteiger partial charge in [0, 0.05) is 26.3 Å². The van der Waals surface area contributed by atoms with Gasteiger partial charge in [-0.1, -0.05) is 0 Å². The Kier molecular flexibility index (Phi) is 5.38. The number of ether oxygens (including phenoxy) is 1. The summed E-state index contributed by atoms with van der Waals surface area (Å²) in [6.07, 6.45) is 2.58. The lowest BCUT2D eigenvalue weighted by atomic mass is 9.94. The Morgan fingerprint density at radius 1 is 1.13 bits per heavy atom. The first kappa shape index (κ1) is 20.8. The first-order valence-electron chi connectivity index (χ1n) is 10.0. The maximum absolute atomic E-state index is 13.2. The fourth-order valence-electron chi connectivity index (χ4n) is 4.38. The summed E-state index contributed by atoms with van der Waals surface area (Å²) in [7, 11) is 3.01. The normalized spacial score (nSPS) is 24.0. The number of piperidine rings is 1. The van der Waals surface area contributed by atoms with Gasteiger partial charge in [0.25, 0.3) is 11.8 Å². The minimum atomic E-state index is -0.785. The number of urea groups is 1. The van der Waals surface area contributed by atoms with Crippen molar-refractivity contribution in [2.75, 3.05) is 32.1 Å². The molecule has 3 heterocycles. The van der Waals surface area contributed by atoms with Crippen molar-refractivity contribution in [1.29, 1.82) is 0 Å². The van der Waals surface area contributed by atoms with Crippen LogP contribution >= 0.6 is 0 Å². The first-order chi connectivity index (χ1) is 14.8. The summed E-state index contributed by atoms with van der Waals surface area (Å²) in [4.78, 5) is 54.9. The van der Waals surface area contributed by atoms with Crippen molar-refractivity contribution >= 4 is 29.5 Å². The maximum Gasteiger partial charge on any atom is 0.329 e. The monoisotopic (exact) mass is 430 g/mol. The number of rotatable bonds is 3. The molecule has 0 radical (unpaired) electrons. The molecular formula is C21H23FN4O5. The number of halogens is 1. The number of esters is 1. The number of benzene rings is 1. The van der Waals surface area contributed by atoms with Crippen molar-refractivity contribution in [3.05, 3.63) is 41.9 Å². The third-order valence-corrected chi connectivity index (χ3v) is 6.04. The Balaban J connectivity index is 1.50. The number of carbonyl (C=O) groups is 4. The van der Waals surface area contributed by atoms with E-state index in [1.54, 1.807) is 23.0 Å². The number of nitrogens with one attached hydrogen (secondary N) is 1. The highest BCUT2D eigenvalue weighted by Crippen LogP contribution is 2.31. The molecule has 2 unspecified atom stereocenters. The molecule has 0 bridgehead atoms. The fraction of sp³-hybridized carbons (Fsp3) is 0.429. The molecule has 3 aliphatic heterocycles. The van der Waals surface area contributed by atoms with Crippen LogP contribution < -0.4 is 10.2 Å². The predicted octanol–water partition coefficient (Wildman–Crippen LogP) is 0.860. The van der Waals surface area contributed by atoms with Crippen molar-refractivity contribution in [2.24, 2.45) is 5.92 Å². The predicted molar refractivity (Wildman–Crippen MR) is 107 cm³/mol. The van der Waals surface area contributed by atoms with E-state index in [0.29, 0.717) is 31.5 Å². The number of anilines is 1. The molecular weight excluding hydrogens is 407 g/mol. The lowest BCUT2D eigenvalue weighted by molar-refractivity contribution is -0.148. The van der Waals surface area contributed by atoms with Crippen LogP contribution in [0.5, 0.6) is 0 Å². The molecule has 0 aromatic heterocycles. The molecule has 3 aliphatic rings. The van der Waals surface area contributed by atoms with Crippen LogP contribution in [0.3, 0.4) is 0 Å². The molecule has 1 N–H and O–H groups in total. The highest BCUT2D eigenvalue weighted by atomic mass is 19.1. The van der Waals surface area contributed by atoms with Crippen molar-refractivity contribution < 1.29 is 28.3 Å². The largest absolute Gasteiger partial charge is 0.469 e. The van der Waals surface area contributed by atoms with E-state index < -0.39 is 29.8 Å². The second-order valence-electron chi connectivity index (χ2n) is 7.86. The van der Waals surface area contributed by atoms with Crippen LogP contribution in [0.1, 0.15) is 12.8 Å². The number of nitrogens with zero attached hydrogens (tertiary/aromatic N) is 3. The lowest BCUT2D eigenvalue weighted by Crippen LogP contribution is -2.65. The molecule has 4 rings (SSSR count). The summed E-state index contributed by atoms with van der Waals surface area (Å²) >= 11 is 0. The second-order valence-corrected chi connectivity index (χ2v) is 7.86. The number of carbonyl (C=O) groups excluding carboxylic acids is 4. The molecule has 0 spiro atoms. The van der Waals surface area contributed by atoms with Gasteiger partial charge in [0.2, 0.25) is 0 Å². The van der Waals surface area contributed by atoms with Crippen LogP contribution in [0.25, 0.3) is 0 Å². The SMILES string of the molecule is COC(=O)C1CCN(C(=O)C2=CN(C)C3C(=O)N(c4ccc(F)cc4)C(=O)NC23)CC1. The van der Waals surface area contributed by atoms with E-state index in [1.807, 2.05) is 0 Å². The number of likely N-dealkylation sites (N-methyl/N-ethyl adjacent to an activating group) is 1. The third kappa shape index (κ3) is 3.62. The number of hydrogen-bond donors (Lipinski definition) is 1. The Bertz CT molecular complexity index is 955. The molecule has 2 saturated heterocycles. The minimum absolute atomic E-state index is 0.234. The van der Waals surface area contributed by atoms with Gasteiger partial charge in [0.15, 0.2) is 0 Å². The van der Waals surface area contributed by atoms with Gasteiger partial charge in [0.1, 0.15) is 11.9 Å². The Morgan fingerprint density at radius 3 is 2.39 bits per heavy atom. The molecule has 164 valence electrons. The maximum atomic E-state index is 13.2. The molecule has 4 amide bonds. The van der Waals surface area contributed by atoms with Gasteiger partial charge in [-0.25, -0.2) is 14.1 Å². The second kappa shape index (κ2) is 8.01. The summed E-state index contributed by atoms with van der Waals surface area (Å²) in [5, 5.41) is 2.75. The average Bonchev–Trinajstić information content (AvgIpc) is 3.10. The summed E-state index contributed by atoms with van der Waals surface area (Å²) in [6.45, 7) is 0.779. The first-order valence-corrected chi connectivity index (χ1v) is 10.0. The van der Waals surface area contributed by atoms with E-state index in [2.05, 4.69) is 5.32 Å². The van der Waals surface area contributed by atoms with Gasteiger partial charge in [-0.15, -0.1) is 0 Å². The highest BCUT2D eigenvalue weighted by Gasteiger charge is 2.50. The third-order valence-electron chi connectivity index (χ3n) is 6.04. The molecule has 31 heavy (non-hydrogen) atoms. The smallest absolute Gasteiger partial charge is 0.329 e. The van der Waals surface area contributed by atoms with Gasteiger partial charge in [-0.05, 0) is 37.1 Å². The lowest BCUT2D eigenvalue weighted by Gasteiger charge is -2.38. The fourth-order valence-corrected chi connectivity index (χ4v) is 4.38.